The van der Waals surface area contributed by atoms with Crippen molar-refractivity contribution in [1.29, 1.82) is 0 Å². The van der Waals surface area contributed by atoms with Crippen LogP contribution in [0.4, 0.5) is 0 Å². The fourth-order valence-corrected chi connectivity index (χ4v) is 6.46. The van der Waals surface area contributed by atoms with Crippen molar-refractivity contribution in [1.82, 2.24) is 5.32 Å². The van der Waals surface area contributed by atoms with E-state index in [-0.39, 0.29) is 59.1 Å². The number of aromatic hydroxyl groups is 1. The molecule has 2 bridgehead atoms. The molecule has 0 saturated heterocycles. The van der Waals surface area contributed by atoms with Gasteiger partial charge in [-0.15, -0.1) is 11.3 Å². The van der Waals surface area contributed by atoms with Crippen molar-refractivity contribution in [3.63, 3.8) is 0 Å². The van der Waals surface area contributed by atoms with E-state index in [1.54, 1.807) is 12.1 Å². The summed E-state index contributed by atoms with van der Waals surface area (Å²) in [6.07, 6.45) is 8.79. The fourth-order valence-electron chi connectivity index (χ4n) is 5.54. The van der Waals surface area contributed by atoms with Crippen LogP contribution in [0.5, 0.6) is 5.75 Å². The van der Waals surface area contributed by atoms with Crippen molar-refractivity contribution in [2.75, 3.05) is 0 Å². The monoisotopic (exact) mass is 463 g/mol. The number of fused-ring (bicyclic) bond motifs is 3. The number of nitrogens with one attached hydrogen (secondary N) is 1. The number of aliphatic carboxylic acids is 1. The van der Waals surface area contributed by atoms with E-state index in [1.807, 2.05) is 11.4 Å². The van der Waals surface area contributed by atoms with Crippen LogP contribution in [0.25, 0.3) is 10.1 Å². The number of hydrogen-bond donors (Lipinski definition) is 2. The minimum Gasteiger partial charge on any atom is -0.550 e. The van der Waals surface area contributed by atoms with Gasteiger partial charge in [-0.2, -0.15) is 0 Å². The Balaban J connectivity index is 0.00000289. The van der Waals surface area contributed by atoms with Gasteiger partial charge in [0.2, 0.25) is 0 Å². The van der Waals surface area contributed by atoms with E-state index >= 15 is 0 Å². The molecule has 166 valence electrons. The zero-order valence-corrected chi connectivity index (χ0v) is 21.9. The van der Waals surface area contributed by atoms with E-state index in [9.17, 15) is 19.8 Å². The molecule has 0 aliphatic heterocycles. The standard InChI is InChI=1S/C25H31NO4S.Na/c1-25(2)16-11-15(7-5-3-4-6-8-22(28)29)23(20(25)12-16)26-24(30)19-14-31-21-10-9-17(27)13-18(19)21;/h3,5,9-10,13-16,20,23,27H,4,6-8,11-12H2,1-2H3,(H,26,30)(H,28,29);/q;+1/p-1/b5-3-;/t15-,16+,20+,23+;/m0./s1. The third-order valence-electron chi connectivity index (χ3n) is 7.53. The Morgan fingerprint density at radius 2 is 2.06 bits per heavy atom. The molecule has 7 heteroatoms. The summed E-state index contributed by atoms with van der Waals surface area (Å²) in [4.78, 5) is 23.8. The molecule has 1 heterocycles. The molecular weight excluding hydrogens is 433 g/mol. The molecule has 3 aliphatic carbocycles. The maximum Gasteiger partial charge on any atom is 1.00 e. The average Bonchev–Trinajstić information content (AvgIpc) is 3.13. The first-order valence-corrected chi connectivity index (χ1v) is 12.0. The minimum absolute atomic E-state index is 0. The molecular formula is C25H30NNaO4S. The summed E-state index contributed by atoms with van der Waals surface area (Å²) in [5, 5.41) is 26.4. The summed E-state index contributed by atoms with van der Waals surface area (Å²) in [7, 11) is 0. The number of allylic oxidation sites excluding steroid dienone is 2. The van der Waals surface area contributed by atoms with Gasteiger partial charge in [0.05, 0.1) is 5.56 Å². The van der Waals surface area contributed by atoms with Gasteiger partial charge in [-0.25, -0.2) is 0 Å². The second-order valence-corrected chi connectivity index (χ2v) is 10.6. The predicted molar refractivity (Wildman–Crippen MR) is 121 cm³/mol. The Kier molecular flexibility index (Phi) is 8.13. The molecule has 1 aromatic heterocycles. The largest absolute Gasteiger partial charge is 1.00 e. The minimum atomic E-state index is -1.000. The summed E-state index contributed by atoms with van der Waals surface area (Å²) in [5.41, 5.74) is 0.869. The normalized spacial score (nSPS) is 25.8. The van der Waals surface area contributed by atoms with Crippen LogP contribution < -0.4 is 40.0 Å². The van der Waals surface area contributed by atoms with Crippen LogP contribution in [0.2, 0.25) is 0 Å². The van der Waals surface area contributed by atoms with Crippen molar-refractivity contribution in [2.45, 2.75) is 58.4 Å². The van der Waals surface area contributed by atoms with Gasteiger partial charge in [-0.05, 0) is 79.9 Å². The number of phenolic OH excluding ortho intramolecular Hbond substituents is 1. The SMILES string of the molecule is CC1(C)[C@@H]2C[C@H](C/C=C\CCCC(=O)[O-])[C@@H](NC(=O)c3csc4ccc(O)cc34)[C@H]1C2.[Na+]. The maximum atomic E-state index is 13.2. The zero-order valence-electron chi connectivity index (χ0n) is 19.1. The first kappa shape index (κ1) is 25.3. The van der Waals surface area contributed by atoms with Crippen molar-refractivity contribution in [3.8, 4) is 5.75 Å². The first-order chi connectivity index (χ1) is 14.8. The number of benzene rings is 1. The Hall–Kier alpha value is -1.34. The van der Waals surface area contributed by atoms with E-state index in [1.165, 1.54) is 11.3 Å². The molecule has 32 heavy (non-hydrogen) atoms. The molecule has 0 spiro atoms. The van der Waals surface area contributed by atoms with Crippen molar-refractivity contribution in [2.24, 2.45) is 23.2 Å². The number of hydrogen-bond acceptors (Lipinski definition) is 5. The van der Waals surface area contributed by atoms with Gasteiger partial charge in [0.15, 0.2) is 0 Å². The molecule has 5 nitrogen and oxygen atoms in total. The molecule has 2 N–H and O–H groups in total. The number of carboxylic acid groups (broad SMARTS) is 1. The van der Waals surface area contributed by atoms with Gasteiger partial charge in [-0.1, -0.05) is 26.0 Å². The fraction of sp³-hybridized carbons (Fsp3) is 0.520. The number of unbranched alkanes of at least 4 members (excludes halogenated alkanes) is 1. The van der Waals surface area contributed by atoms with Gasteiger partial charge in [0, 0.05) is 27.5 Å². The molecule has 2 aromatic rings. The molecule has 5 rings (SSSR count). The number of amides is 1. The summed E-state index contributed by atoms with van der Waals surface area (Å²) >= 11 is 1.52. The van der Waals surface area contributed by atoms with Crippen molar-refractivity contribution < 1.29 is 49.4 Å². The summed E-state index contributed by atoms with van der Waals surface area (Å²) in [5.74, 6) is 0.649. The topological polar surface area (TPSA) is 89.5 Å². The summed E-state index contributed by atoms with van der Waals surface area (Å²) < 4.78 is 0.992. The maximum absolute atomic E-state index is 13.2. The van der Waals surface area contributed by atoms with Gasteiger partial charge in [0.1, 0.15) is 5.75 Å². The van der Waals surface area contributed by atoms with Crippen LogP contribution in [-0.4, -0.2) is 23.0 Å². The number of phenols is 1. The molecule has 3 fully saturated rings. The molecule has 0 radical (unpaired) electrons. The number of carbonyl (C=O) groups excluding carboxylic acids is 2. The van der Waals surface area contributed by atoms with Crippen molar-refractivity contribution in [3.05, 3.63) is 41.3 Å². The Labute approximate surface area is 215 Å². The molecule has 1 amide bonds. The Morgan fingerprint density at radius 1 is 1.28 bits per heavy atom. The predicted octanol–water partition coefficient (Wildman–Crippen LogP) is 1.26. The average molecular weight is 464 g/mol. The summed E-state index contributed by atoms with van der Waals surface area (Å²) in [6, 6.07) is 5.28. The van der Waals surface area contributed by atoms with Gasteiger partial charge in [-0.3, -0.25) is 4.79 Å². The van der Waals surface area contributed by atoms with Gasteiger partial charge < -0.3 is 20.3 Å². The quantitative estimate of drug-likeness (QED) is 0.350. The second-order valence-electron chi connectivity index (χ2n) is 9.66. The summed E-state index contributed by atoms with van der Waals surface area (Å²) in [6.45, 7) is 4.63. The second kappa shape index (κ2) is 10.3. The Bertz CT molecular complexity index is 1010. The number of thiophene rings is 1. The molecule has 3 saturated carbocycles. The first-order valence-electron chi connectivity index (χ1n) is 11.1. The van der Waals surface area contributed by atoms with Gasteiger partial charge in [0.25, 0.3) is 5.91 Å². The molecule has 4 atom stereocenters. The van der Waals surface area contributed by atoms with E-state index < -0.39 is 5.97 Å². The third kappa shape index (κ3) is 5.09. The zero-order chi connectivity index (χ0) is 22.2. The van der Waals surface area contributed by atoms with Crippen LogP contribution in [0, 0.1) is 23.2 Å². The van der Waals surface area contributed by atoms with E-state index in [2.05, 4.69) is 31.3 Å². The molecule has 0 unspecified atom stereocenters. The number of rotatable bonds is 8. The smallest absolute Gasteiger partial charge is 0.550 e. The van der Waals surface area contributed by atoms with Crippen LogP contribution in [0.1, 0.15) is 62.7 Å². The Morgan fingerprint density at radius 3 is 2.78 bits per heavy atom. The number of carboxylic acids is 1. The van der Waals surface area contributed by atoms with E-state index in [4.69, 9.17) is 0 Å². The van der Waals surface area contributed by atoms with E-state index in [0.29, 0.717) is 29.7 Å². The third-order valence-corrected chi connectivity index (χ3v) is 8.50. The van der Waals surface area contributed by atoms with Crippen LogP contribution in [0.15, 0.2) is 35.7 Å². The van der Waals surface area contributed by atoms with Crippen LogP contribution >= 0.6 is 11.3 Å². The van der Waals surface area contributed by atoms with Crippen LogP contribution in [0.3, 0.4) is 0 Å². The van der Waals surface area contributed by atoms with Crippen LogP contribution in [-0.2, 0) is 4.79 Å². The number of carbonyl (C=O) groups is 2. The molecule has 3 aliphatic rings. The van der Waals surface area contributed by atoms with E-state index in [0.717, 1.165) is 35.8 Å². The van der Waals surface area contributed by atoms with Crippen molar-refractivity contribution >= 4 is 33.3 Å². The van der Waals surface area contributed by atoms with Gasteiger partial charge >= 0.3 is 29.6 Å². The molecule has 1 aromatic carbocycles.